The number of hydrogen-bond donors (Lipinski definition) is 1. The Labute approximate surface area is 119 Å². The minimum absolute atomic E-state index is 0.622. The fraction of sp³-hybridized carbons (Fsp3) is 1.00. The lowest BCUT2D eigenvalue weighted by molar-refractivity contribution is 0.0619. The summed E-state index contributed by atoms with van der Waals surface area (Å²) in [5.41, 5.74) is 0. The molecule has 1 heterocycles. The normalized spacial score (nSPS) is 32.2. The second-order valence-electron chi connectivity index (χ2n) is 6.83. The molecule has 112 valence electrons. The smallest absolute Gasteiger partial charge is 0.0223 e. The zero-order valence-electron chi connectivity index (χ0n) is 13.4. The highest BCUT2D eigenvalue weighted by atomic mass is 15.2. The van der Waals surface area contributed by atoms with E-state index in [1.165, 1.54) is 51.9 Å². The number of rotatable bonds is 7. The lowest BCUT2D eigenvalue weighted by Crippen LogP contribution is -2.52. The van der Waals surface area contributed by atoms with E-state index in [0.717, 1.165) is 18.0 Å². The van der Waals surface area contributed by atoms with Crippen molar-refractivity contribution >= 4 is 0 Å². The summed E-state index contributed by atoms with van der Waals surface area (Å²) in [7, 11) is 2.35. The summed E-state index contributed by atoms with van der Waals surface area (Å²) in [4.78, 5) is 5.31. The second kappa shape index (κ2) is 7.05. The number of hydrogen-bond acceptors (Lipinski definition) is 3. The van der Waals surface area contributed by atoms with Crippen molar-refractivity contribution in [3.05, 3.63) is 0 Å². The first-order chi connectivity index (χ1) is 9.11. The molecular weight excluding hydrogens is 234 g/mol. The molecule has 0 aromatic rings. The zero-order valence-corrected chi connectivity index (χ0v) is 13.4. The molecule has 1 saturated heterocycles. The molecule has 1 aliphatic carbocycles. The molecule has 0 bridgehead atoms. The SMILES string of the molecule is CCN1CCCC1CN(C)C1CCC1CNC(C)C. The van der Waals surface area contributed by atoms with Crippen LogP contribution in [-0.2, 0) is 0 Å². The van der Waals surface area contributed by atoms with Crippen molar-refractivity contribution < 1.29 is 0 Å². The molecule has 3 heteroatoms. The summed E-state index contributed by atoms with van der Waals surface area (Å²) >= 11 is 0. The van der Waals surface area contributed by atoms with E-state index < -0.39 is 0 Å². The molecule has 2 fully saturated rings. The standard InChI is InChI=1S/C16H33N3/c1-5-19-10-6-7-15(19)12-18(4)16-9-8-14(16)11-17-13(2)3/h13-17H,5-12H2,1-4H3. The largest absolute Gasteiger partial charge is 0.314 e. The van der Waals surface area contributed by atoms with Crippen molar-refractivity contribution in [1.29, 1.82) is 0 Å². The molecule has 1 N–H and O–H groups in total. The molecular formula is C16H33N3. The van der Waals surface area contributed by atoms with Crippen molar-refractivity contribution in [3.8, 4) is 0 Å². The first-order valence-corrected chi connectivity index (χ1v) is 8.29. The van der Waals surface area contributed by atoms with Gasteiger partial charge < -0.3 is 10.2 Å². The molecule has 2 aliphatic rings. The van der Waals surface area contributed by atoms with Gasteiger partial charge in [-0.05, 0) is 58.3 Å². The summed E-state index contributed by atoms with van der Waals surface area (Å²) in [5.74, 6) is 0.879. The first kappa shape index (κ1) is 15.3. The van der Waals surface area contributed by atoms with Crippen LogP contribution in [0.25, 0.3) is 0 Å². The van der Waals surface area contributed by atoms with E-state index in [1.807, 2.05) is 0 Å². The monoisotopic (exact) mass is 267 g/mol. The van der Waals surface area contributed by atoms with Gasteiger partial charge in [0.25, 0.3) is 0 Å². The topological polar surface area (TPSA) is 18.5 Å². The Balaban J connectivity index is 1.75. The van der Waals surface area contributed by atoms with Gasteiger partial charge in [0.2, 0.25) is 0 Å². The predicted molar refractivity (Wildman–Crippen MR) is 82.5 cm³/mol. The second-order valence-corrected chi connectivity index (χ2v) is 6.83. The quantitative estimate of drug-likeness (QED) is 0.763. The van der Waals surface area contributed by atoms with Gasteiger partial charge in [0.05, 0.1) is 0 Å². The van der Waals surface area contributed by atoms with Crippen LogP contribution >= 0.6 is 0 Å². The van der Waals surface area contributed by atoms with Crippen molar-refractivity contribution in [1.82, 2.24) is 15.1 Å². The first-order valence-electron chi connectivity index (χ1n) is 8.29. The molecule has 0 amide bonds. The number of nitrogens with one attached hydrogen (secondary N) is 1. The van der Waals surface area contributed by atoms with Gasteiger partial charge in [-0.1, -0.05) is 20.8 Å². The number of likely N-dealkylation sites (tertiary alicyclic amines) is 1. The molecule has 0 radical (unpaired) electrons. The van der Waals surface area contributed by atoms with Crippen LogP contribution in [0.2, 0.25) is 0 Å². The Morgan fingerprint density at radius 3 is 2.63 bits per heavy atom. The Morgan fingerprint density at radius 1 is 1.26 bits per heavy atom. The van der Waals surface area contributed by atoms with Gasteiger partial charge in [-0.3, -0.25) is 4.90 Å². The molecule has 2 rings (SSSR count). The third-order valence-electron chi connectivity index (χ3n) is 5.14. The Kier molecular flexibility index (Phi) is 5.67. The van der Waals surface area contributed by atoms with Crippen LogP contribution in [0.5, 0.6) is 0 Å². The summed E-state index contributed by atoms with van der Waals surface area (Å²) in [5, 5.41) is 3.61. The Bertz CT molecular complexity index is 267. The van der Waals surface area contributed by atoms with Crippen LogP contribution in [0.3, 0.4) is 0 Å². The van der Waals surface area contributed by atoms with Crippen LogP contribution in [0.15, 0.2) is 0 Å². The fourth-order valence-electron chi connectivity index (χ4n) is 3.74. The van der Waals surface area contributed by atoms with Crippen LogP contribution in [-0.4, -0.2) is 61.2 Å². The Hall–Kier alpha value is -0.120. The van der Waals surface area contributed by atoms with Gasteiger partial charge in [-0.15, -0.1) is 0 Å². The van der Waals surface area contributed by atoms with Crippen molar-refractivity contribution in [2.45, 2.75) is 64.6 Å². The molecule has 3 unspecified atom stereocenters. The summed E-state index contributed by atoms with van der Waals surface area (Å²) in [6, 6.07) is 2.26. The summed E-state index contributed by atoms with van der Waals surface area (Å²) in [6.45, 7) is 11.8. The highest BCUT2D eigenvalue weighted by Gasteiger charge is 2.35. The van der Waals surface area contributed by atoms with Gasteiger partial charge in [0.15, 0.2) is 0 Å². The summed E-state index contributed by atoms with van der Waals surface area (Å²) in [6.07, 6.45) is 5.62. The molecule has 0 spiro atoms. The van der Waals surface area contributed by atoms with Crippen LogP contribution in [0.1, 0.15) is 46.5 Å². The van der Waals surface area contributed by atoms with Gasteiger partial charge in [0.1, 0.15) is 0 Å². The Morgan fingerprint density at radius 2 is 2.05 bits per heavy atom. The van der Waals surface area contributed by atoms with E-state index in [9.17, 15) is 0 Å². The maximum Gasteiger partial charge on any atom is 0.0223 e. The molecule has 3 atom stereocenters. The van der Waals surface area contributed by atoms with Crippen molar-refractivity contribution in [2.75, 3.05) is 33.2 Å². The third kappa shape index (κ3) is 3.93. The van der Waals surface area contributed by atoms with E-state index >= 15 is 0 Å². The van der Waals surface area contributed by atoms with E-state index in [0.29, 0.717) is 6.04 Å². The zero-order chi connectivity index (χ0) is 13.8. The highest BCUT2D eigenvalue weighted by Crippen LogP contribution is 2.32. The van der Waals surface area contributed by atoms with Gasteiger partial charge >= 0.3 is 0 Å². The molecule has 0 aromatic carbocycles. The average Bonchev–Trinajstić information content (AvgIpc) is 2.74. The van der Waals surface area contributed by atoms with Crippen molar-refractivity contribution in [3.63, 3.8) is 0 Å². The predicted octanol–water partition coefficient (Wildman–Crippen LogP) is 2.18. The van der Waals surface area contributed by atoms with Crippen LogP contribution < -0.4 is 5.32 Å². The molecule has 19 heavy (non-hydrogen) atoms. The number of nitrogens with zero attached hydrogens (tertiary/aromatic N) is 2. The van der Waals surface area contributed by atoms with E-state index in [1.54, 1.807) is 0 Å². The molecule has 1 aliphatic heterocycles. The number of likely N-dealkylation sites (N-methyl/N-ethyl adjacent to an activating group) is 2. The molecule has 1 saturated carbocycles. The highest BCUT2D eigenvalue weighted by molar-refractivity contribution is 4.91. The van der Waals surface area contributed by atoms with Gasteiger partial charge in [-0.25, -0.2) is 0 Å². The van der Waals surface area contributed by atoms with Crippen LogP contribution in [0, 0.1) is 5.92 Å². The maximum atomic E-state index is 3.61. The van der Waals surface area contributed by atoms with E-state index in [2.05, 4.69) is 42.9 Å². The molecule has 0 aromatic heterocycles. The van der Waals surface area contributed by atoms with E-state index in [4.69, 9.17) is 0 Å². The molecule has 3 nitrogen and oxygen atoms in total. The van der Waals surface area contributed by atoms with E-state index in [-0.39, 0.29) is 0 Å². The summed E-state index contributed by atoms with van der Waals surface area (Å²) < 4.78 is 0. The van der Waals surface area contributed by atoms with Crippen LogP contribution in [0.4, 0.5) is 0 Å². The lowest BCUT2D eigenvalue weighted by Gasteiger charge is -2.44. The maximum absolute atomic E-state index is 3.61. The minimum atomic E-state index is 0.622. The van der Waals surface area contributed by atoms with Gasteiger partial charge in [-0.2, -0.15) is 0 Å². The van der Waals surface area contributed by atoms with Gasteiger partial charge in [0, 0.05) is 24.7 Å². The lowest BCUT2D eigenvalue weighted by atomic mass is 9.78. The average molecular weight is 267 g/mol. The third-order valence-corrected chi connectivity index (χ3v) is 5.14. The minimum Gasteiger partial charge on any atom is -0.314 e. The van der Waals surface area contributed by atoms with Crippen molar-refractivity contribution in [2.24, 2.45) is 5.92 Å². The fourth-order valence-corrected chi connectivity index (χ4v) is 3.74.